The Bertz CT molecular complexity index is 878. The van der Waals surface area contributed by atoms with Crippen LogP contribution in [0.3, 0.4) is 0 Å². The van der Waals surface area contributed by atoms with Gasteiger partial charge in [0.1, 0.15) is 0 Å². The molecular weight excluding hydrogens is 362 g/mol. The normalized spacial score (nSPS) is 11.4. The molecule has 2 aromatic rings. The Morgan fingerprint density at radius 2 is 1.70 bits per heavy atom. The minimum Gasteiger partial charge on any atom is -0.352 e. The van der Waals surface area contributed by atoms with Crippen molar-refractivity contribution in [1.29, 1.82) is 0 Å². The predicted octanol–water partition coefficient (Wildman–Crippen LogP) is 2.50. The summed E-state index contributed by atoms with van der Waals surface area (Å²) >= 11 is 0. The predicted molar refractivity (Wildman–Crippen MR) is 109 cm³/mol. The number of hydrogen-bond donors (Lipinski definition) is 1. The zero-order valence-corrected chi connectivity index (χ0v) is 17.1. The molecule has 0 saturated heterocycles. The number of nitrogens with zero attached hydrogens (tertiary/aromatic N) is 2. The van der Waals surface area contributed by atoms with Gasteiger partial charge >= 0.3 is 0 Å². The first-order valence-electron chi connectivity index (χ1n) is 8.80. The van der Waals surface area contributed by atoms with E-state index in [0.29, 0.717) is 17.8 Å². The number of aryl methyl sites for hydroxylation is 1. The molecule has 0 saturated carbocycles. The molecule has 0 aliphatic rings. The zero-order valence-electron chi connectivity index (χ0n) is 16.3. The van der Waals surface area contributed by atoms with Crippen LogP contribution in [-0.2, 0) is 10.0 Å². The maximum absolute atomic E-state index is 12.8. The molecule has 7 heteroatoms. The number of anilines is 1. The number of amides is 1. The first-order valence-corrected chi connectivity index (χ1v) is 10.2. The first kappa shape index (κ1) is 20.9. The van der Waals surface area contributed by atoms with Crippen LogP contribution in [0.5, 0.6) is 0 Å². The van der Waals surface area contributed by atoms with Gasteiger partial charge in [-0.25, -0.2) is 8.42 Å². The summed E-state index contributed by atoms with van der Waals surface area (Å²) in [7, 11) is 1.77. The summed E-state index contributed by atoms with van der Waals surface area (Å²) in [5.41, 5.74) is 1.87. The zero-order chi connectivity index (χ0) is 20.0. The molecule has 0 radical (unpaired) electrons. The Balaban J connectivity index is 2.13. The molecule has 0 unspecified atom stereocenters. The van der Waals surface area contributed by atoms with Crippen LogP contribution < -0.4 is 9.62 Å². The molecule has 0 fully saturated rings. The maximum Gasteiger partial charge on any atom is 0.264 e. The van der Waals surface area contributed by atoms with Crippen molar-refractivity contribution in [3.8, 4) is 0 Å². The Morgan fingerprint density at radius 3 is 2.33 bits per heavy atom. The average Bonchev–Trinajstić information content (AvgIpc) is 2.64. The SMILES string of the molecule is Cc1ccc(S(=O)(=O)N(C)c2cccc(C(=O)NCCCN(C)C)c2)cc1. The molecule has 1 amide bonds. The van der Waals surface area contributed by atoms with Crippen molar-refractivity contribution in [3.05, 3.63) is 59.7 Å². The highest BCUT2D eigenvalue weighted by Crippen LogP contribution is 2.23. The molecule has 0 aliphatic heterocycles. The number of rotatable bonds is 8. The second kappa shape index (κ2) is 9.01. The fourth-order valence-corrected chi connectivity index (χ4v) is 3.74. The Kier molecular flexibility index (Phi) is 6.98. The summed E-state index contributed by atoms with van der Waals surface area (Å²) in [6.45, 7) is 3.36. The van der Waals surface area contributed by atoms with Gasteiger partial charge in [-0.3, -0.25) is 9.10 Å². The van der Waals surface area contributed by atoms with Gasteiger partial charge in [0.15, 0.2) is 0 Å². The monoisotopic (exact) mass is 389 g/mol. The quantitative estimate of drug-likeness (QED) is 0.705. The number of hydrogen-bond acceptors (Lipinski definition) is 4. The lowest BCUT2D eigenvalue weighted by Gasteiger charge is -2.20. The van der Waals surface area contributed by atoms with Gasteiger partial charge < -0.3 is 10.2 Å². The van der Waals surface area contributed by atoms with Crippen LogP contribution >= 0.6 is 0 Å². The Morgan fingerprint density at radius 1 is 1.04 bits per heavy atom. The molecule has 2 rings (SSSR count). The lowest BCUT2D eigenvalue weighted by molar-refractivity contribution is 0.0952. The van der Waals surface area contributed by atoms with Crippen LogP contribution in [0.1, 0.15) is 22.3 Å². The highest BCUT2D eigenvalue weighted by molar-refractivity contribution is 7.92. The molecule has 0 heterocycles. The summed E-state index contributed by atoms with van der Waals surface area (Å²) in [4.78, 5) is 14.6. The second-order valence-electron chi connectivity index (χ2n) is 6.75. The van der Waals surface area contributed by atoms with Crippen LogP contribution in [0.15, 0.2) is 53.4 Å². The summed E-state index contributed by atoms with van der Waals surface area (Å²) < 4.78 is 26.8. The van der Waals surface area contributed by atoms with E-state index < -0.39 is 10.0 Å². The Hall–Kier alpha value is -2.38. The van der Waals surface area contributed by atoms with Crippen molar-refractivity contribution in [2.75, 3.05) is 38.5 Å². The van der Waals surface area contributed by atoms with Crippen molar-refractivity contribution < 1.29 is 13.2 Å². The third kappa shape index (κ3) is 5.55. The van der Waals surface area contributed by atoms with Crippen LogP contribution in [0.25, 0.3) is 0 Å². The van der Waals surface area contributed by atoms with Gasteiger partial charge in [0.05, 0.1) is 10.6 Å². The van der Waals surface area contributed by atoms with Crippen molar-refractivity contribution in [3.63, 3.8) is 0 Å². The summed E-state index contributed by atoms with van der Waals surface area (Å²) in [5, 5.41) is 2.86. The van der Waals surface area contributed by atoms with Gasteiger partial charge in [0, 0.05) is 19.2 Å². The van der Waals surface area contributed by atoms with E-state index in [-0.39, 0.29) is 10.8 Å². The fourth-order valence-electron chi connectivity index (χ4n) is 2.55. The number of sulfonamides is 1. The van der Waals surface area contributed by atoms with E-state index in [1.54, 1.807) is 48.5 Å². The number of carbonyl (C=O) groups excluding carboxylic acids is 1. The van der Waals surface area contributed by atoms with Crippen molar-refractivity contribution in [2.24, 2.45) is 0 Å². The molecule has 6 nitrogen and oxygen atoms in total. The minimum atomic E-state index is -3.69. The van der Waals surface area contributed by atoms with Crippen LogP contribution in [0, 0.1) is 6.92 Å². The highest BCUT2D eigenvalue weighted by atomic mass is 32.2. The van der Waals surface area contributed by atoms with E-state index in [0.717, 1.165) is 18.5 Å². The lowest BCUT2D eigenvalue weighted by Crippen LogP contribution is -2.28. The molecule has 146 valence electrons. The molecule has 2 aromatic carbocycles. The molecule has 0 spiro atoms. The van der Waals surface area contributed by atoms with Gasteiger partial charge in [-0.05, 0) is 64.3 Å². The van der Waals surface area contributed by atoms with Gasteiger partial charge in [0.2, 0.25) is 0 Å². The number of carbonyl (C=O) groups is 1. The summed E-state index contributed by atoms with van der Waals surface area (Å²) in [6, 6.07) is 13.3. The third-order valence-corrected chi connectivity index (χ3v) is 6.02. The van der Waals surface area contributed by atoms with E-state index >= 15 is 0 Å². The van der Waals surface area contributed by atoms with E-state index in [2.05, 4.69) is 10.2 Å². The standard InChI is InChI=1S/C20H27N3O3S/c1-16-9-11-19(12-10-16)27(25,26)23(4)18-8-5-7-17(15-18)20(24)21-13-6-14-22(2)3/h5,7-12,15H,6,13-14H2,1-4H3,(H,21,24). The number of nitrogens with one attached hydrogen (secondary N) is 1. The van der Waals surface area contributed by atoms with Crippen molar-refractivity contribution >= 4 is 21.6 Å². The molecular formula is C20H27N3O3S. The maximum atomic E-state index is 12.8. The van der Waals surface area contributed by atoms with Gasteiger partial charge in [0.25, 0.3) is 15.9 Å². The molecule has 27 heavy (non-hydrogen) atoms. The van der Waals surface area contributed by atoms with E-state index in [1.807, 2.05) is 21.0 Å². The molecule has 0 aliphatic carbocycles. The highest BCUT2D eigenvalue weighted by Gasteiger charge is 2.21. The summed E-state index contributed by atoms with van der Waals surface area (Å²) in [6.07, 6.45) is 0.847. The topological polar surface area (TPSA) is 69.7 Å². The van der Waals surface area contributed by atoms with E-state index in [9.17, 15) is 13.2 Å². The van der Waals surface area contributed by atoms with Crippen LogP contribution in [-0.4, -0.2) is 53.5 Å². The molecule has 0 atom stereocenters. The van der Waals surface area contributed by atoms with E-state index in [1.165, 1.54) is 11.4 Å². The Labute approximate surface area is 161 Å². The molecule has 0 aromatic heterocycles. The lowest BCUT2D eigenvalue weighted by atomic mass is 10.2. The fraction of sp³-hybridized carbons (Fsp3) is 0.350. The van der Waals surface area contributed by atoms with Gasteiger partial charge in [-0.1, -0.05) is 23.8 Å². The van der Waals surface area contributed by atoms with Crippen molar-refractivity contribution in [1.82, 2.24) is 10.2 Å². The number of benzene rings is 2. The first-order chi connectivity index (χ1) is 12.7. The molecule has 1 N–H and O–H groups in total. The summed E-state index contributed by atoms with van der Waals surface area (Å²) in [5.74, 6) is -0.211. The van der Waals surface area contributed by atoms with Crippen molar-refractivity contribution in [2.45, 2.75) is 18.2 Å². The van der Waals surface area contributed by atoms with Gasteiger partial charge in [-0.2, -0.15) is 0 Å². The van der Waals surface area contributed by atoms with Crippen LogP contribution in [0.4, 0.5) is 5.69 Å². The minimum absolute atomic E-state index is 0.211. The molecule has 0 bridgehead atoms. The largest absolute Gasteiger partial charge is 0.352 e. The smallest absolute Gasteiger partial charge is 0.264 e. The van der Waals surface area contributed by atoms with E-state index in [4.69, 9.17) is 0 Å². The van der Waals surface area contributed by atoms with Gasteiger partial charge in [-0.15, -0.1) is 0 Å². The third-order valence-electron chi connectivity index (χ3n) is 4.22. The average molecular weight is 390 g/mol. The van der Waals surface area contributed by atoms with Crippen LogP contribution in [0.2, 0.25) is 0 Å². The second-order valence-corrected chi connectivity index (χ2v) is 8.72.